The highest BCUT2D eigenvalue weighted by Gasteiger charge is 2.33. The van der Waals surface area contributed by atoms with Crippen LogP contribution in [0.15, 0.2) is 28.7 Å². The van der Waals surface area contributed by atoms with Crippen LogP contribution < -0.4 is 0 Å². The van der Waals surface area contributed by atoms with Crippen LogP contribution in [0.1, 0.15) is 11.5 Å². The molecule has 0 atom stereocenters. The van der Waals surface area contributed by atoms with Crippen LogP contribution in [-0.4, -0.2) is 39.3 Å². The lowest BCUT2D eigenvalue weighted by molar-refractivity contribution is -0.147. The van der Waals surface area contributed by atoms with Crippen molar-refractivity contribution < 1.29 is 14.3 Å². The van der Waals surface area contributed by atoms with Crippen molar-refractivity contribution in [3.8, 4) is 11.5 Å². The minimum atomic E-state index is -0.743. The first-order chi connectivity index (χ1) is 9.61. The van der Waals surface area contributed by atoms with Crippen LogP contribution in [0.5, 0.6) is 0 Å². The fraction of sp³-hybridized carbons (Fsp3) is 0.357. The summed E-state index contributed by atoms with van der Waals surface area (Å²) >= 11 is 0. The van der Waals surface area contributed by atoms with Gasteiger partial charge in [-0.25, -0.2) is 0 Å². The molecule has 104 valence electrons. The van der Waals surface area contributed by atoms with Crippen molar-refractivity contribution in [2.45, 2.75) is 13.5 Å². The number of hydrogen-bond acceptors (Lipinski definition) is 5. The standard InChI is InChI=1S/C14H15N3O3/c1-9-3-2-4-10(5-9)13-16-15-12(20-13)8-17-6-11(7-17)14(18)19/h2-5,11H,6-8H2,1H3,(H,18,19). The number of nitrogens with zero attached hydrogens (tertiary/aromatic N) is 3. The molecule has 1 aromatic carbocycles. The quantitative estimate of drug-likeness (QED) is 0.910. The van der Waals surface area contributed by atoms with E-state index in [0.29, 0.717) is 31.4 Å². The lowest BCUT2D eigenvalue weighted by atomic mass is 10.0. The molecule has 6 heteroatoms. The predicted octanol–water partition coefficient (Wildman–Crippen LogP) is 1.56. The van der Waals surface area contributed by atoms with Crippen molar-refractivity contribution in [3.63, 3.8) is 0 Å². The average molecular weight is 273 g/mol. The van der Waals surface area contributed by atoms with E-state index in [1.165, 1.54) is 0 Å². The maximum absolute atomic E-state index is 10.7. The summed E-state index contributed by atoms with van der Waals surface area (Å²) in [4.78, 5) is 12.7. The highest BCUT2D eigenvalue weighted by molar-refractivity contribution is 5.71. The first-order valence-electron chi connectivity index (χ1n) is 6.46. The Kier molecular flexibility index (Phi) is 3.23. The van der Waals surface area contributed by atoms with Gasteiger partial charge in [-0.2, -0.15) is 0 Å². The van der Waals surface area contributed by atoms with Crippen LogP contribution in [0, 0.1) is 12.8 Å². The number of carboxylic acids is 1. The van der Waals surface area contributed by atoms with Gasteiger partial charge in [0.1, 0.15) is 0 Å². The maximum Gasteiger partial charge on any atom is 0.309 e. The van der Waals surface area contributed by atoms with Gasteiger partial charge in [0.2, 0.25) is 11.8 Å². The topological polar surface area (TPSA) is 79.5 Å². The first kappa shape index (κ1) is 12.8. The third-order valence-corrected chi connectivity index (χ3v) is 3.40. The molecule has 20 heavy (non-hydrogen) atoms. The van der Waals surface area contributed by atoms with E-state index >= 15 is 0 Å². The van der Waals surface area contributed by atoms with Gasteiger partial charge in [-0.05, 0) is 19.1 Å². The van der Waals surface area contributed by atoms with Gasteiger partial charge >= 0.3 is 5.97 Å². The summed E-state index contributed by atoms with van der Waals surface area (Å²) in [6.07, 6.45) is 0. The van der Waals surface area contributed by atoms with Crippen LogP contribution in [-0.2, 0) is 11.3 Å². The molecule has 0 bridgehead atoms. The molecule has 2 heterocycles. The van der Waals surface area contributed by atoms with Gasteiger partial charge in [0.15, 0.2) is 0 Å². The van der Waals surface area contributed by atoms with Gasteiger partial charge in [0.25, 0.3) is 0 Å². The highest BCUT2D eigenvalue weighted by atomic mass is 16.4. The Morgan fingerprint density at radius 2 is 2.25 bits per heavy atom. The molecule has 3 rings (SSSR count). The number of aromatic nitrogens is 2. The van der Waals surface area contributed by atoms with E-state index in [1.807, 2.05) is 36.1 Å². The molecule has 0 unspecified atom stereocenters. The van der Waals surface area contributed by atoms with Gasteiger partial charge in [0, 0.05) is 18.7 Å². The molecular weight excluding hydrogens is 258 g/mol. The summed E-state index contributed by atoms with van der Waals surface area (Å²) in [6.45, 7) is 3.59. The van der Waals surface area contributed by atoms with Gasteiger partial charge < -0.3 is 9.52 Å². The second kappa shape index (κ2) is 5.05. The number of aryl methyl sites for hydroxylation is 1. The van der Waals surface area contributed by atoms with Gasteiger partial charge in [0.05, 0.1) is 12.5 Å². The number of benzene rings is 1. The minimum Gasteiger partial charge on any atom is -0.481 e. The molecule has 0 aliphatic carbocycles. The van der Waals surface area contributed by atoms with E-state index in [-0.39, 0.29) is 5.92 Å². The van der Waals surface area contributed by atoms with Crippen LogP contribution in [0.2, 0.25) is 0 Å². The van der Waals surface area contributed by atoms with Crippen LogP contribution in [0.25, 0.3) is 11.5 Å². The third-order valence-electron chi connectivity index (χ3n) is 3.40. The molecular formula is C14H15N3O3. The molecule has 2 aromatic rings. The fourth-order valence-corrected chi connectivity index (χ4v) is 2.26. The lowest BCUT2D eigenvalue weighted by Gasteiger charge is -2.35. The van der Waals surface area contributed by atoms with Crippen molar-refractivity contribution in [1.82, 2.24) is 15.1 Å². The second-order valence-electron chi connectivity index (χ2n) is 5.10. The predicted molar refractivity (Wildman–Crippen MR) is 70.9 cm³/mol. The molecule has 1 aromatic heterocycles. The number of aliphatic carboxylic acids is 1. The number of hydrogen-bond donors (Lipinski definition) is 1. The first-order valence-corrected chi connectivity index (χ1v) is 6.46. The number of likely N-dealkylation sites (tertiary alicyclic amines) is 1. The number of rotatable bonds is 4. The maximum atomic E-state index is 10.7. The zero-order valence-electron chi connectivity index (χ0n) is 11.1. The SMILES string of the molecule is Cc1cccc(-c2nnc(CN3CC(C(=O)O)C3)o2)c1. The van der Waals surface area contributed by atoms with Crippen molar-refractivity contribution in [2.24, 2.45) is 5.92 Å². The van der Waals surface area contributed by atoms with Crippen molar-refractivity contribution in [1.29, 1.82) is 0 Å². The van der Waals surface area contributed by atoms with Gasteiger partial charge in [-0.1, -0.05) is 17.7 Å². The summed E-state index contributed by atoms with van der Waals surface area (Å²) in [5, 5.41) is 16.9. The molecule has 1 aliphatic rings. The molecule has 0 amide bonds. The Labute approximate surface area is 116 Å². The van der Waals surface area contributed by atoms with Crippen molar-refractivity contribution in [2.75, 3.05) is 13.1 Å². The van der Waals surface area contributed by atoms with E-state index < -0.39 is 5.97 Å². The molecule has 0 radical (unpaired) electrons. The summed E-state index contributed by atoms with van der Waals surface area (Å²) in [5.74, 6) is 0.00532. The zero-order chi connectivity index (χ0) is 14.1. The molecule has 1 saturated heterocycles. The Bertz CT molecular complexity index is 632. The van der Waals surface area contributed by atoms with Gasteiger partial charge in [-0.15, -0.1) is 10.2 Å². The molecule has 1 aliphatic heterocycles. The van der Waals surface area contributed by atoms with E-state index in [9.17, 15) is 4.79 Å². The Balaban J connectivity index is 1.65. The van der Waals surface area contributed by atoms with E-state index in [2.05, 4.69) is 10.2 Å². The molecule has 1 fully saturated rings. The second-order valence-corrected chi connectivity index (χ2v) is 5.10. The van der Waals surface area contributed by atoms with E-state index in [1.54, 1.807) is 0 Å². The number of carbonyl (C=O) groups is 1. The summed E-state index contributed by atoms with van der Waals surface area (Å²) in [7, 11) is 0. The van der Waals surface area contributed by atoms with Gasteiger partial charge in [-0.3, -0.25) is 9.69 Å². The lowest BCUT2D eigenvalue weighted by Crippen LogP contribution is -2.49. The van der Waals surface area contributed by atoms with Crippen LogP contribution in [0.3, 0.4) is 0 Å². The molecule has 6 nitrogen and oxygen atoms in total. The Hall–Kier alpha value is -2.21. The fourth-order valence-electron chi connectivity index (χ4n) is 2.26. The largest absolute Gasteiger partial charge is 0.481 e. The van der Waals surface area contributed by atoms with Crippen molar-refractivity contribution in [3.05, 3.63) is 35.7 Å². The smallest absolute Gasteiger partial charge is 0.309 e. The highest BCUT2D eigenvalue weighted by Crippen LogP contribution is 2.22. The van der Waals surface area contributed by atoms with Crippen molar-refractivity contribution >= 4 is 5.97 Å². The number of carboxylic acid groups (broad SMARTS) is 1. The normalized spacial score (nSPS) is 16.1. The Morgan fingerprint density at radius 1 is 1.45 bits per heavy atom. The molecule has 1 N–H and O–H groups in total. The van der Waals surface area contributed by atoms with E-state index in [0.717, 1.165) is 11.1 Å². The third kappa shape index (κ3) is 2.55. The minimum absolute atomic E-state index is 0.269. The van der Waals surface area contributed by atoms with Crippen LogP contribution >= 0.6 is 0 Å². The average Bonchev–Trinajstić information content (AvgIpc) is 2.81. The zero-order valence-corrected chi connectivity index (χ0v) is 11.1. The summed E-state index contributed by atoms with van der Waals surface area (Å²) in [6, 6.07) is 7.87. The summed E-state index contributed by atoms with van der Waals surface area (Å²) in [5.41, 5.74) is 2.03. The Morgan fingerprint density at radius 3 is 2.95 bits per heavy atom. The van der Waals surface area contributed by atoms with E-state index in [4.69, 9.17) is 9.52 Å². The molecule has 0 spiro atoms. The van der Waals surface area contributed by atoms with Crippen LogP contribution in [0.4, 0.5) is 0 Å². The monoisotopic (exact) mass is 273 g/mol. The summed E-state index contributed by atoms with van der Waals surface area (Å²) < 4.78 is 5.62. The molecule has 0 saturated carbocycles.